The van der Waals surface area contributed by atoms with Crippen molar-refractivity contribution in [3.63, 3.8) is 0 Å². The van der Waals surface area contributed by atoms with E-state index < -0.39 is 0 Å². The molecule has 0 atom stereocenters. The second-order valence-electron chi connectivity index (χ2n) is 4.27. The summed E-state index contributed by atoms with van der Waals surface area (Å²) in [6.07, 6.45) is 8.28. The SMILES string of the molecule is CCCCCCOc1ccc(-n2cnnc2)cc1. The molecule has 0 aliphatic heterocycles. The lowest BCUT2D eigenvalue weighted by atomic mass is 10.2. The minimum Gasteiger partial charge on any atom is -0.494 e. The van der Waals surface area contributed by atoms with E-state index in [1.807, 2.05) is 28.8 Å². The number of ether oxygens (including phenoxy) is 1. The van der Waals surface area contributed by atoms with Crippen molar-refractivity contribution in [2.75, 3.05) is 6.61 Å². The first kappa shape index (κ1) is 12.6. The predicted molar refractivity (Wildman–Crippen MR) is 71.0 cm³/mol. The number of aromatic nitrogens is 3. The van der Waals surface area contributed by atoms with Gasteiger partial charge in [0, 0.05) is 5.69 Å². The fourth-order valence-corrected chi connectivity index (χ4v) is 1.77. The van der Waals surface area contributed by atoms with Crippen LogP contribution in [0, 0.1) is 0 Å². The van der Waals surface area contributed by atoms with Crippen LogP contribution in [-0.4, -0.2) is 21.4 Å². The molecule has 1 aromatic carbocycles. The highest BCUT2D eigenvalue weighted by Crippen LogP contribution is 2.15. The van der Waals surface area contributed by atoms with E-state index in [1.165, 1.54) is 19.3 Å². The molecule has 0 N–H and O–H groups in total. The average Bonchev–Trinajstić information content (AvgIpc) is 2.93. The maximum absolute atomic E-state index is 5.68. The molecule has 4 nitrogen and oxygen atoms in total. The molecule has 2 aromatic rings. The van der Waals surface area contributed by atoms with Gasteiger partial charge in [0.2, 0.25) is 0 Å². The van der Waals surface area contributed by atoms with Crippen molar-refractivity contribution >= 4 is 0 Å². The highest BCUT2D eigenvalue weighted by Gasteiger charge is 1.97. The van der Waals surface area contributed by atoms with Crippen LogP contribution in [0.4, 0.5) is 0 Å². The molecular weight excluding hydrogens is 226 g/mol. The van der Waals surface area contributed by atoms with Crippen molar-refractivity contribution in [2.45, 2.75) is 32.6 Å². The van der Waals surface area contributed by atoms with Gasteiger partial charge in [0.05, 0.1) is 6.61 Å². The zero-order valence-corrected chi connectivity index (χ0v) is 10.7. The normalized spacial score (nSPS) is 10.5. The number of unbranched alkanes of at least 4 members (excludes halogenated alkanes) is 3. The standard InChI is InChI=1S/C14H19N3O/c1-2-3-4-5-10-18-14-8-6-13(7-9-14)17-11-15-16-12-17/h6-9,11-12H,2-5,10H2,1H3. The first-order valence-electron chi connectivity index (χ1n) is 6.48. The maximum Gasteiger partial charge on any atom is 0.123 e. The second kappa shape index (κ2) is 6.79. The van der Waals surface area contributed by atoms with Crippen LogP contribution in [0.15, 0.2) is 36.9 Å². The Kier molecular flexibility index (Phi) is 4.76. The number of hydrogen-bond donors (Lipinski definition) is 0. The molecule has 18 heavy (non-hydrogen) atoms. The number of benzene rings is 1. The monoisotopic (exact) mass is 245 g/mol. The Labute approximate surface area is 108 Å². The molecule has 0 bridgehead atoms. The summed E-state index contributed by atoms with van der Waals surface area (Å²) in [5, 5.41) is 7.56. The van der Waals surface area contributed by atoms with Crippen LogP contribution in [0.1, 0.15) is 32.6 Å². The maximum atomic E-state index is 5.68. The van der Waals surface area contributed by atoms with Gasteiger partial charge in [-0.15, -0.1) is 10.2 Å². The van der Waals surface area contributed by atoms with Gasteiger partial charge in [-0.1, -0.05) is 26.2 Å². The highest BCUT2D eigenvalue weighted by atomic mass is 16.5. The third-order valence-electron chi connectivity index (χ3n) is 2.82. The van der Waals surface area contributed by atoms with Crippen LogP contribution in [0.3, 0.4) is 0 Å². The number of nitrogens with zero attached hydrogens (tertiary/aromatic N) is 3. The van der Waals surface area contributed by atoms with Crippen molar-refractivity contribution in [2.24, 2.45) is 0 Å². The molecule has 1 heterocycles. The summed E-state index contributed by atoms with van der Waals surface area (Å²) >= 11 is 0. The first-order valence-corrected chi connectivity index (χ1v) is 6.48. The lowest BCUT2D eigenvalue weighted by Crippen LogP contribution is -1.97. The Hall–Kier alpha value is -1.84. The van der Waals surface area contributed by atoms with Gasteiger partial charge in [0.15, 0.2) is 0 Å². The highest BCUT2D eigenvalue weighted by molar-refractivity contribution is 5.36. The summed E-state index contributed by atoms with van der Waals surface area (Å²) in [4.78, 5) is 0. The minimum absolute atomic E-state index is 0.798. The van der Waals surface area contributed by atoms with Gasteiger partial charge in [-0.2, -0.15) is 0 Å². The van der Waals surface area contributed by atoms with Gasteiger partial charge in [0.1, 0.15) is 18.4 Å². The molecule has 0 aliphatic rings. The third kappa shape index (κ3) is 3.58. The molecular formula is C14H19N3O. The lowest BCUT2D eigenvalue weighted by molar-refractivity contribution is 0.305. The van der Waals surface area contributed by atoms with E-state index in [4.69, 9.17) is 4.74 Å². The summed E-state index contributed by atoms with van der Waals surface area (Å²) in [5.41, 5.74) is 1.04. The largest absolute Gasteiger partial charge is 0.494 e. The zero-order valence-electron chi connectivity index (χ0n) is 10.7. The molecule has 2 rings (SSSR count). The zero-order chi connectivity index (χ0) is 12.6. The smallest absolute Gasteiger partial charge is 0.123 e. The fourth-order valence-electron chi connectivity index (χ4n) is 1.77. The van der Waals surface area contributed by atoms with Crippen LogP contribution < -0.4 is 4.74 Å². The fraction of sp³-hybridized carbons (Fsp3) is 0.429. The van der Waals surface area contributed by atoms with Crippen molar-refractivity contribution in [1.82, 2.24) is 14.8 Å². The lowest BCUT2D eigenvalue weighted by Gasteiger charge is -2.07. The summed E-state index contributed by atoms with van der Waals surface area (Å²) in [7, 11) is 0. The molecule has 4 heteroatoms. The Morgan fingerprint density at radius 2 is 1.72 bits per heavy atom. The van der Waals surface area contributed by atoms with Crippen LogP contribution in [0.5, 0.6) is 5.75 Å². The van der Waals surface area contributed by atoms with Crippen LogP contribution >= 0.6 is 0 Å². The molecule has 0 fully saturated rings. The molecule has 0 spiro atoms. The Morgan fingerprint density at radius 1 is 1.00 bits per heavy atom. The molecule has 0 saturated heterocycles. The van der Waals surface area contributed by atoms with Gasteiger partial charge < -0.3 is 4.74 Å². The van der Waals surface area contributed by atoms with E-state index in [9.17, 15) is 0 Å². The van der Waals surface area contributed by atoms with Crippen LogP contribution in [-0.2, 0) is 0 Å². The molecule has 96 valence electrons. The van der Waals surface area contributed by atoms with Gasteiger partial charge in [-0.25, -0.2) is 0 Å². The number of hydrogen-bond acceptors (Lipinski definition) is 3. The van der Waals surface area contributed by atoms with Crippen molar-refractivity contribution in [3.05, 3.63) is 36.9 Å². The van der Waals surface area contributed by atoms with E-state index in [2.05, 4.69) is 17.1 Å². The Balaban J connectivity index is 1.81. The minimum atomic E-state index is 0.798. The average molecular weight is 245 g/mol. The Bertz CT molecular complexity index is 437. The molecule has 1 aromatic heterocycles. The summed E-state index contributed by atoms with van der Waals surface area (Å²) in [6, 6.07) is 7.97. The van der Waals surface area contributed by atoms with E-state index in [1.54, 1.807) is 12.7 Å². The second-order valence-corrected chi connectivity index (χ2v) is 4.27. The van der Waals surface area contributed by atoms with Crippen LogP contribution in [0.25, 0.3) is 5.69 Å². The van der Waals surface area contributed by atoms with E-state index in [-0.39, 0.29) is 0 Å². The molecule has 0 unspecified atom stereocenters. The predicted octanol–water partition coefficient (Wildman–Crippen LogP) is 3.23. The molecule has 0 amide bonds. The van der Waals surface area contributed by atoms with Crippen molar-refractivity contribution < 1.29 is 4.74 Å². The van der Waals surface area contributed by atoms with Crippen molar-refractivity contribution in [3.8, 4) is 11.4 Å². The molecule has 0 aliphatic carbocycles. The third-order valence-corrected chi connectivity index (χ3v) is 2.82. The topological polar surface area (TPSA) is 39.9 Å². The quantitative estimate of drug-likeness (QED) is 0.703. The van der Waals surface area contributed by atoms with Crippen LogP contribution in [0.2, 0.25) is 0 Å². The summed E-state index contributed by atoms with van der Waals surface area (Å²) < 4.78 is 7.55. The van der Waals surface area contributed by atoms with E-state index in [0.29, 0.717) is 0 Å². The summed E-state index contributed by atoms with van der Waals surface area (Å²) in [5.74, 6) is 0.920. The first-order chi connectivity index (χ1) is 8.90. The van der Waals surface area contributed by atoms with E-state index >= 15 is 0 Å². The Morgan fingerprint density at radius 3 is 2.39 bits per heavy atom. The van der Waals surface area contributed by atoms with Gasteiger partial charge in [0.25, 0.3) is 0 Å². The molecule has 0 radical (unpaired) electrons. The van der Waals surface area contributed by atoms with E-state index in [0.717, 1.165) is 24.5 Å². The van der Waals surface area contributed by atoms with Gasteiger partial charge in [-0.05, 0) is 30.7 Å². The van der Waals surface area contributed by atoms with Gasteiger partial charge >= 0.3 is 0 Å². The number of rotatable bonds is 7. The summed E-state index contributed by atoms with van der Waals surface area (Å²) in [6.45, 7) is 3.01. The van der Waals surface area contributed by atoms with Crippen molar-refractivity contribution in [1.29, 1.82) is 0 Å². The van der Waals surface area contributed by atoms with Gasteiger partial charge in [-0.3, -0.25) is 4.57 Å². The molecule has 0 saturated carbocycles.